The van der Waals surface area contributed by atoms with Crippen LogP contribution in [-0.2, 0) is 61.7 Å². The van der Waals surface area contributed by atoms with E-state index in [1.807, 2.05) is 0 Å². The van der Waals surface area contributed by atoms with Gasteiger partial charge >= 0.3 is 0 Å². The molecule has 11 atom stereocenters. The zero-order chi connectivity index (χ0) is 52.0. The number of methoxy groups -OCH3 is 1. The number of ether oxygens (including phenoxy) is 1. The summed E-state index contributed by atoms with van der Waals surface area (Å²) in [7, 11) is 1.46. The number of hydrogen-bond acceptors (Lipinski definition) is 17. The van der Waals surface area contributed by atoms with Crippen LogP contribution in [-0.4, -0.2) is 189 Å². The van der Waals surface area contributed by atoms with Gasteiger partial charge in [0.25, 0.3) is 0 Å². The largest absolute Gasteiger partial charge is 0.610 e. The van der Waals surface area contributed by atoms with Gasteiger partial charge in [-0.2, -0.15) is 11.8 Å². The number of nitrogens with one attached hydrogen (secondary N) is 7. The van der Waals surface area contributed by atoms with Gasteiger partial charge in [-0.25, -0.2) is 0 Å². The number of primary amides is 1. The van der Waals surface area contributed by atoms with E-state index in [4.69, 9.17) is 21.9 Å². The Hall–Kier alpha value is -5.26. The number of aromatic nitrogens is 1. The van der Waals surface area contributed by atoms with Crippen LogP contribution < -0.4 is 53.8 Å². The van der Waals surface area contributed by atoms with Gasteiger partial charge in [0.15, 0.2) is 6.04 Å². The molecule has 4 rings (SSSR count). The molecule has 1 fully saturated rings. The van der Waals surface area contributed by atoms with Gasteiger partial charge in [-0.15, -0.1) is 0 Å². The molecule has 390 valence electrons. The summed E-state index contributed by atoms with van der Waals surface area (Å²) in [6.45, 7) is 1.98. The summed E-state index contributed by atoms with van der Waals surface area (Å²) in [5.41, 5.74) is 18.1. The number of carbonyl (C=O) groups is 8. The third-order valence-electron chi connectivity index (χ3n) is 12.3. The Morgan fingerprint density at radius 1 is 1.04 bits per heavy atom. The van der Waals surface area contributed by atoms with Crippen molar-refractivity contribution in [3.8, 4) is 5.75 Å². The monoisotopic (exact) mass is 1030 g/mol. The number of fused-ring (bicyclic) bond motifs is 4. The number of H-pyrrole nitrogens is 1. The molecule has 17 N–H and O–H groups in total. The van der Waals surface area contributed by atoms with Crippen LogP contribution >= 0.6 is 11.8 Å². The molecule has 0 spiro atoms. The van der Waals surface area contributed by atoms with Gasteiger partial charge in [-0.05, 0) is 18.1 Å². The van der Waals surface area contributed by atoms with Crippen LogP contribution in [0.5, 0.6) is 5.75 Å². The average molecular weight is 1030 g/mol. The van der Waals surface area contributed by atoms with Crippen LogP contribution in [0.25, 0.3) is 10.9 Å². The highest BCUT2D eigenvalue weighted by atomic mass is 32.2. The van der Waals surface area contributed by atoms with Crippen molar-refractivity contribution < 1.29 is 68.1 Å². The zero-order valence-electron chi connectivity index (χ0n) is 39.5. The molecule has 1 saturated heterocycles. The molecule has 2 aromatic rings. The average Bonchev–Trinajstić information content (AvgIpc) is 3.92. The lowest BCUT2D eigenvalue weighted by atomic mass is 9.94. The number of rotatable bonds is 19. The second-order valence-corrected chi connectivity index (χ2v) is 19.8. The molecule has 3 heterocycles. The van der Waals surface area contributed by atoms with Crippen LogP contribution in [0.4, 0.5) is 0 Å². The Labute approximate surface area is 411 Å². The van der Waals surface area contributed by atoms with Gasteiger partial charge in [-0.1, -0.05) is 27.2 Å². The van der Waals surface area contributed by atoms with Crippen LogP contribution in [0.1, 0.15) is 51.2 Å². The highest BCUT2D eigenvalue weighted by molar-refractivity contribution is 7.98. The van der Waals surface area contributed by atoms with E-state index >= 15 is 0 Å². The molecule has 25 nitrogen and oxygen atoms in total. The first-order valence-corrected chi connectivity index (χ1v) is 25.2. The number of aliphatic hydroxyl groups excluding tert-OH is 4. The number of hydrogen-bond donors (Lipinski definition) is 14. The molecular weight excluding hydrogens is 959 g/mol. The molecule has 0 aliphatic carbocycles. The molecule has 2 aliphatic heterocycles. The summed E-state index contributed by atoms with van der Waals surface area (Å²) < 4.78 is 20.6. The Morgan fingerprint density at radius 3 is 2.37 bits per heavy atom. The number of carbonyl (C=O) groups excluding carboxylic acids is 8. The molecule has 1 aromatic heterocycles. The summed E-state index contributed by atoms with van der Waals surface area (Å²) in [4.78, 5) is 113. The van der Waals surface area contributed by atoms with Crippen molar-refractivity contribution in [2.24, 2.45) is 29.0 Å². The van der Waals surface area contributed by atoms with Gasteiger partial charge in [-0.3, -0.25) is 38.4 Å². The molecule has 0 bridgehead atoms. The van der Waals surface area contributed by atoms with Gasteiger partial charge in [0, 0.05) is 71.0 Å². The SMILES string of the molecule is CC[C@H](C)[C@@H](NC(=O)CN)C(=O)NCC(=O)N[C@H]1C[S+]([O-])c2[nH]c3c(CSCCN)c(OC)ccc3c2C[C@@H](CO)NC(=O)[C@H]([C@@H](C)[C@@H](O)CO)NC(=O)[C@H]2C[C@@H](O)CN2C(=O)[C@H](CC(N)=O)NC1=O. The Morgan fingerprint density at radius 2 is 1.76 bits per heavy atom. The lowest BCUT2D eigenvalue weighted by Gasteiger charge is -2.32. The highest BCUT2D eigenvalue weighted by Crippen LogP contribution is 2.36. The van der Waals surface area contributed by atoms with Crippen molar-refractivity contribution in [1.29, 1.82) is 0 Å². The van der Waals surface area contributed by atoms with E-state index < -0.39 is 164 Å². The Kier molecular flexibility index (Phi) is 22.0. The van der Waals surface area contributed by atoms with E-state index in [0.717, 1.165) is 4.90 Å². The molecule has 1 unspecified atom stereocenters. The number of aromatic amines is 1. The van der Waals surface area contributed by atoms with E-state index in [9.17, 15) is 63.3 Å². The maximum Gasteiger partial charge on any atom is 0.248 e. The number of aliphatic hydroxyl groups is 4. The molecular formula is C43H67N11O14S2. The normalized spacial score (nSPS) is 24.3. The van der Waals surface area contributed by atoms with Crippen molar-refractivity contribution in [2.45, 2.75) is 106 Å². The second-order valence-electron chi connectivity index (χ2n) is 17.2. The summed E-state index contributed by atoms with van der Waals surface area (Å²) in [6.07, 6.45) is -3.91. The smallest absolute Gasteiger partial charge is 0.248 e. The fraction of sp³-hybridized carbons (Fsp3) is 0.628. The van der Waals surface area contributed by atoms with E-state index in [1.54, 1.807) is 26.0 Å². The predicted octanol–water partition coefficient (Wildman–Crippen LogP) is -5.60. The maximum atomic E-state index is 14.9. The molecule has 0 saturated carbocycles. The van der Waals surface area contributed by atoms with Crippen LogP contribution in [0.3, 0.4) is 0 Å². The predicted molar refractivity (Wildman–Crippen MR) is 255 cm³/mol. The highest BCUT2D eigenvalue weighted by Gasteiger charge is 2.45. The third-order valence-corrected chi connectivity index (χ3v) is 14.7. The quantitative estimate of drug-likeness (QED) is 0.0461. The summed E-state index contributed by atoms with van der Waals surface area (Å²) in [5, 5.41) is 57.5. The minimum Gasteiger partial charge on any atom is -0.610 e. The van der Waals surface area contributed by atoms with Gasteiger partial charge in [0.05, 0.1) is 63.6 Å². The van der Waals surface area contributed by atoms with Crippen molar-refractivity contribution >= 4 is 81.1 Å². The van der Waals surface area contributed by atoms with E-state index in [-0.39, 0.29) is 23.4 Å². The number of nitrogens with two attached hydrogens (primary N) is 3. The fourth-order valence-corrected chi connectivity index (χ4v) is 10.3. The van der Waals surface area contributed by atoms with Crippen molar-refractivity contribution in [1.82, 2.24) is 41.8 Å². The number of benzene rings is 1. The van der Waals surface area contributed by atoms with Crippen molar-refractivity contribution in [2.75, 3.05) is 58.0 Å². The first-order valence-electron chi connectivity index (χ1n) is 22.7. The Bertz CT molecular complexity index is 2200. The maximum absolute atomic E-state index is 14.9. The summed E-state index contributed by atoms with van der Waals surface area (Å²) in [6, 6.07) is -5.76. The Balaban J connectivity index is 1.90. The molecule has 0 radical (unpaired) electrons. The number of thioether (sulfide) groups is 1. The lowest BCUT2D eigenvalue weighted by Crippen LogP contribution is -2.61. The fourth-order valence-electron chi connectivity index (χ4n) is 8.15. The van der Waals surface area contributed by atoms with Crippen LogP contribution in [0.2, 0.25) is 0 Å². The van der Waals surface area contributed by atoms with Crippen molar-refractivity contribution in [3.05, 3.63) is 23.3 Å². The topological polar surface area (TPSA) is 419 Å². The third kappa shape index (κ3) is 14.7. The van der Waals surface area contributed by atoms with Crippen LogP contribution in [0.15, 0.2) is 17.2 Å². The second kappa shape index (κ2) is 26.8. The minimum atomic E-state index is -2.33. The molecule has 27 heteroatoms. The first-order chi connectivity index (χ1) is 33.2. The minimum absolute atomic E-state index is 0.0258. The van der Waals surface area contributed by atoms with Gasteiger partial charge in [0.1, 0.15) is 35.7 Å². The number of nitrogens with zero attached hydrogens (tertiary/aromatic N) is 1. The standard InChI is InChI=1S/C43H67N11O14S2/c1-5-20(2)35(51-33(60)13-45)40(64)47-14-34(61)49-28-19-70(67)42-25(24-6-7-31(68-4)26(37(24)53-42)18-69-9-8-44)10-22(16-55)48-41(65)36(21(3)30(58)17-56)52-39(63)29-11-23(57)15-54(29)43(66)27(12-32(46)59)50-38(28)62/h6-7,20-23,27-30,35-36,53,55-58H,5,8-19,44-45H2,1-4H3,(H2,46,59)(H,47,64)(H,48,65)(H,49,61)(H,50,62)(H,51,60)(H,52,63)/t20-,21-,22-,23+,27-,28-,29+,30-,35+,36-,70?/m0/s1. The zero-order valence-corrected chi connectivity index (χ0v) is 41.1. The van der Waals surface area contributed by atoms with Gasteiger partial charge < -0.3 is 88.7 Å². The van der Waals surface area contributed by atoms with Gasteiger partial charge in [0.2, 0.25) is 52.3 Å². The first kappa shape index (κ1) is 57.3. The van der Waals surface area contributed by atoms with Crippen LogP contribution in [0, 0.1) is 11.8 Å². The van der Waals surface area contributed by atoms with Crippen molar-refractivity contribution in [3.63, 3.8) is 0 Å². The number of amides is 8. The molecule has 2 aliphatic rings. The van der Waals surface area contributed by atoms with E-state index in [0.29, 0.717) is 46.7 Å². The summed E-state index contributed by atoms with van der Waals surface area (Å²) >= 11 is -0.858. The molecule has 8 amide bonds. The molecule has 70 heavy (non-hydrogen) atoms. The molecule has 1 aromatic carbocycles. The lowest BCUT2D eigenvalue weighted by molar-refractivity contribution is -0.144. The van der Waals surface area contributed by atoms with E-state index in [1.165, 1.54) is 25.8 Å². The summed E-state index contributed by atoms with van der Waals surface area (Å²) in [5.74, 6) is -8.61. The van der Waals surface area contributed by atoms with E-state index in [2.05, 4.69) is 36.9 Å².